The van der Waals surface area contributed by atoms with Crippen molar-refractivity contribution in [2.24, 2.45) is 5.92 Å². The zero-order chi connectivity index (χ0) is 9.03. The van der Waals surface area contributed by atoms with Crippen molar-refractivity contribution in [3.05, 3.63) is 0 Å². The Morgan fingerprint density at radius 1 is 1.33 bits per heavy atom. The SMILES string of the molecule is CC(C)CNC1(C)CCOCC1. The van der Waals surface area contributed by atoms with Crippen LogP contribution in [0.1, 0.15) is 33.6 Å². The van der Waals surface area contributed by atoms with Crippen LogP contribution in [-0.4, -0.2) is 25.3 Å². The van der Waals surface area contributed by atoms with E-state index in [9.17, 15) is 0 Å². The van der Waals surface area contributed by atoms with Gasteiger partial charge in [0.2, 0.25) is 0 Å². The lowest BCUT2D eigenvalue weighted by molar-refractivity contribution is 0.0442. The van der Waals surface area contributed by atoms with E-state index in [-0.39, 0.29) is 0 Å². The van der Waals surface area contributed by atoms with Crippen LogP contribution in [0.5, 0.6) is 0 Å². The van der Waals surface area contributed by atoms with E-state index in [1.54, 1.807) is 0 Å². The van der Waals surface area contributed by atoms with Gasteiger partial charge in [0, 0.05) is 18.8 Å². The third-order valence-corrected chi connectivity index (χ3v) is 2.53. The van der Waals surface area contributed by atoms with E-state index in [0.717, 1.165) is 38.5 Å². The molecule has 0 aliphatic carbocycles. The largest absolute Gasteiger partial charge is 0.381 e. The summed E-state index contributed by atoms with van der Waals surface area (Å²) in [5.74, 6) is 0.740. The van der Waals surface area contributed by atoms with Gasteiger partial charge in [-0.25, -0.2) is 0 Å². The molecule has 1 saturated heterocycles. The molecule has 0 bridgehead atoms. The summed E-state index contributed by atoms with van der Waals surface area (Å²) >= 11 is 0. The van der Waals surface area contributed by atoms with Gasteiger partial charge < -0.3 is 10.1 Å². The Kier molecular flexibility index (Phi) is 3.53. The summed E-state index contributed by atoms with van der Waals surface area (Å²) in [7, 11) is 0. The zero-order valence-electron chi connectivity index (χ0n) is 8.52. The van der Waals surface area contributed by atoms with E-state index in [0.29, 0.717) is 5.54 Å². The quantitative estimate of drug-likeness (QED) is 0.699. The Bertz CT molecular complexity index is 128. The second kappa shape index (κ2) is 4.24. The molecule has 0 amide bonds. The standard InChI is InChI=1S/C10H21NO/c1-9(2)8-11-10(3)4-6-12-7-5-10/h9,11H,4-8H2,1-3H3. The minimum Gasteiger partial charge on any atom is -0.381 e. The lowest BCUT2D eigenvalue weighted by Crippen LogP contribution is -2.47. The Balaban J connectivity index is 2.26. The van der Waals surface area contributed by atoms with Crippen LogP contribution in [0.2, 0.25) is 0 Å². The molecule has 0 aromatic rings. The average Bonchev–Trinajstić information content (AvgIpc) is 2.03. The minimum absolute atomic E-state index is 0.336. The van der Waals surface area contributed by atoms with Gasteiger partial charge in [0.1, 0.15) is 0 Å². The predicted molar refractivity (Wildman–Crippen MR) is 51.3 cm³/mol. The highest BCUT2D eigenvalue weighted by molar-refractivity contribution is 4.85. The third-order valence-electron chi connectivity index (χ3n) is 2.53. The van der Waals surface area contributed by atoms with Crippen molar-refractivity contribution in [2.45, 2.75) is 39.2 Å². The Morgan fingerprint density at radius 2 is 1.92 bits per heavy atom. The predicted octanol–water partition coefficient (Wildman–Crippen LogP) is 1.80. The number of rotatable bonds is 3. The van der Waals surface area contributed by atoms with Gasteiger partial charge in [-0.2, -0.15) is 0 Å². The molecule has 1 heterocycles. The van der Waals surface area contributed by atoms with Crippen molar-refractivity contribution in [1.29, 1.82) is 0 Å². The fourth-order valence-corrected chi connectivity index (χ4v) is 1.45. The fraction of sp³-hybridized carbons (Fsp3) is 1.00. The number of hydrogen-bond acceptors (Lipinski definition) is 2. The first-order valence-corrected chi connectivity index (χ1v) is 4.95. The topological polar surface area (TPSA) is 21.3 Å². The highest BCUT2D eigenvalue weighted by Gasteiger charge is 2.26. The highest BCUT2D eigenvalue weighted by atomic mass is 16.5. The monoisotopic (exact) mass is 171 g/mol. The van der Waals surface area contributed by atoms with E-state index in [4.69, 9.17) is 4.74 Å². The molecular weight excluding hydrogens is 150 g/mol. The Hall–Kier alpha value is -0.0800. The van der Waals surface area contributed by atoms with Crippen LogP contribution in [-0.2, 0) is 4.74 Å². The van der Waals surface area contributed by atoms with Crippen molar-refractivity contribution in [3.63, 3.8) is 0 Å². The van der Waals surface area contributed by atoms with Crippen LogP contribution in [0.3, 0.4) is 0 Å². The van der Waals surface area contributed by atoms with Gasteiger partial charge in [0.15, 0.2) is 0 Å². The van der Waals surface area contributed by atoms with Crippen LogP contribution in [0.4, 0.5) is 0 Å². The summed E-state index contributed by atoms with van der Waals surface area (Å²) in [6.45, 7) is 9.75. The molecule has 1 aliphatic heterocycles. The molecule has 0 aromatic heterocycles. The average molecular weight is 171 g/mol. The van der Waals surface area contributed by atoms with Crippen molar-refractivity contribution in [1.82, 2.24) is 5.32 Å². The van der Waals surface area contributed by atoms with Gasteiger partial charge in [0.25, 0.3) is 0 Å². The molecule has 0 saturated carbocycles. The summed E-state index contributed by atoms with van der Waals surface area (Å²) in [6.07, 6.45) is 2.31. The van der Waals surface area contributed by atoms with Crippen LogP contribution >= 0.6 is 0 Å². The van der Waals surface area contributed by atoms with Crippen LogP contribution in [0.15, 0.2) is 0 Å². The first-order valence-electron chi connectivity index (χ1n) is 4.95. The molecule has 2 nitrogen and oxygen atoms in total. The lowest BCUT2D eigenvalue weighted by atomic mass is 9.92. The molecule has 1 rings (SSSR count). The normalized spacial score (nSPS) is 23.0. The summed E-state index contributed by atoms with van der Waals surface area (Å²) in [6, 6.07) is 0. The van der Waals surface area contributed by atoms with Crippen molar-refractivity contribution < 1.29 is 4.74 Å². The summed E-state index contributed by atoms with van der Waals surface area (Å²) < 4.78 is 5.33. The lowest BCUT2D eigenvalue weighted by Gasteiger charge is -2.35. The second-order valence-electron chi connectivity index (χ2n) is 4.45. The van der Waals surface area contributed by atoms with Gasteiger partial charge in [-0.05, 0) is 32.2 Å². The molecular formula is C10H21NO. The Morgan fingerprint density at radius 3 is 2.42 bits per heavy atom. The zero-order valence-corrected chi connectivity index (χ0v) is 8.52. The van der Waals surface area contributed by atoms with Crippen molar-refractivity contribution in [3.8, 4) is 0 Å². The van der Waals surface area contributed by atoms with E-state index < -0.39 is 0 Å². The molecule has 0 radical (unpaired) electrons. The molecule has 0 spiro atoms. The molecule has 1 aliphatic rings. The summed E-state index contributed by atoms with van der Waals surface area (Å²) in [5.41, 5.74) is 0.336. The summed E-state index contributed by atoms with van der Waals surface area (Å²) in [5, 5.41) is 3.62. The number of ether oxygens (including phenoxy) is 1. The van der Waals surface area contributed by atoms with Crippen molar-refractivity contribution >= 4 is 0 Å². The molecule has 1 fully saturated rings. The van der Waals surface area contributed by atoms with Gasteiger partial charge in [-0.1, -0.05) is 13.8 Å². The van der Waals surface area contributed by atoms with Gasteiger partial charge in [0.05, 0.1) is 0 Å². The molecule has 72 valence electrons. The third kappa shape index (κ3) is 3.11. The molecule has 12 heavy (non-hydrogen) atoms. The van der Waals surface area contributed by atoms with E-state index in [1.807, 2.05) is 0 Å². The van der Waals surface area contributed by atoms with E-state index in [2.05, 4.69) is 26.1 Å². The molecule has 1 N–H and O–H groups in total. The maximum absolute atomic E-state index is 5.33. The second-order valence-corrected chi connectivity index (χ2v) is 4.45. The van der Waals surface area contributed by atoms with Crippen LogP contribution in [0.25, 0.3) is 0 Å². The molecule has 0 aromatic carbocycles. The van der Waals surface area contributed by atoms with E-state index >= 15 is 0 Å². The van der Waals surface area contributed by atoms with Crippen LogP contribution < -0.4 is 5.32 Å². The van der Waals surface area contributed by atoms with Gasteiger partial charge in [-0.15, -0.1) is 0 Å². The Labute approximate surface area is 75.7 Å². The fourth-order valence-electron chi connectivity index (χ4n) is 1.45. The minimum atomic E-state index is 0.336. The van der Waals surface area contributed by atoms with Gasteiger partial charge >= 0.3 is 0 Å². The van der Waals surface area contributed by atoms with Gasteiger partial charge in [-0.3, -0.25) is 0 Å². The maximum atomic E-state index is 5.33. The summed E-state index contributed by atoms with van der Waals surface area (Å²) in [4.78, 5) is 0. The first-order chi connectivity index (χ1) is 5.62. The van der Waals surface area contributed by atoms with E-state index in [1.165, 1.54) is 0 Å². The van der Waals surface area contributed by atoms with Crippen LogP contribution in [0, 0.1) is 5.92 Å². The maximum Gasteiger partial charge on any atom is 0.0483 e. The molecule has 2 heteroatoms. The molecule has 0 unspecified atom stereocenters. The smallest absolute Gasteiger partial charge is 0.0483 e. The molecule has 0 atom stereocenters. The first kappa shape index (κ1) is 10.0. The number of nitrogens with one attached hydrogen (secondary N) is 1. The van der Waals surface area contributed by atoms with Crippen molar-refractivity contribution in [2.75, 3.05) is 19.8 Å². The number of hydrogen-bond donors (Lipinski definition) is 1. The highest BCUT2D eigenvalue weighted by Crippen LogP contribution is 2.19.